The maximum Gasteiger partial charge on any atom is 0.246 e. The van der Waals surface area contributed by atoms with Gasteiger partial charge in [0.15, 0.2) is 0 Å². The molecule has 0 saturated carbocycles. The zero-order valence-electron chi connectivity index (χ0n) is 15.9. The normalized spacial score (nSPS) is 10.7. The third-order valence-corrected chi connectivity index (χ3v) is 4.34. The Morgan fingerprint density at radius 1 is 1.19 bits per heavy atom. The third-order valence-electron chi connectivity index (χ3n) is 4.34. The Morgan fingerprint density at radius 2 is 1.93 bits per heavy atom. The molecular formula is C22H25N3O2. The van der Waals surface area contributed by atoms with Crippen molar-refractivity contribution < 1.29 is 9.53 Å². The summed E-state index contributed by atoms with van der Waals surface area (Å²) in [5, 5.41) is 2.87. The van der Waals surface area contributed by atoms with Crippen LogP contribution in [0.5, 0.6) is 5.75 Å². The van der Waals surface area contributed by atoms with Crippen LogP contribution in [-0.2, 0) is 17.9 Å². The molecule has 1 amide bonds. The number of para-hydroxylation sites is 2. The first-order chi connectivity index (χ1) is 13.0. The molecule has 0 unspecified atom stereocenters. The number of carbonyl (C=O) groups excluding carboxylic acids is 1. The molecule has 0 atom stereocenters. The van der Waals surface area contributed by atoms with E-state index in [0.717, 1.165) is 35.6 Å². The van der Waals surface area contributed by atoms with Gasteiger partial charge in [0, 0.05) is 12.1 Å². The predicted octanol–water partition coefficient (Wildman–Crippen LogP) is 4.01. The molecule has 0 aliphatic rings. The SMILES string of the molecule is C=C(C)C(=O)NCc1nc2ccccc2n1CCCOc1ccc(C)cc1. The first kappa shape index (κ1) is 18.7. The van der Waals surface area contributed by atoms with Gasteiger partial charge in [-0.3, -0.25) is 4.79 Å². The van der Waals surface area contributed by atoms with Crippen LogP contribution in [0, 0.1) is 6.92 Å². The highest BCUT2D eigenvalue weighted by atomic mass is 16.5. The number of carbonyl (C=O) groups is 1. The summed E-state index contributed by atoms with van der Waals surface area (Å²) in [6, 6.07) is 16.1. The molecule has 3 rings (SSSR count). The molecule has 5 heteroatoms. The molecule has 27 heavy (non-hydrogen) atoms. The monoisotopic (exact) mass is 363 g/mol. The highest BCUT2D eigenvalue weighted by molar-refractivity contribution is 5.92. The lowest BCUT2D eigenvalue weighted by Crippen LogP contribution is -2.25. The molecule has 1 heterocycles. The molecule has 140 valence electrons. The Kier molecular flexibility index (Phi) is 5.91. The summed E-state index contributed by atoms with van der Waals surface area (Å²) in [7, 11) is 0. The summed E-state index contributed by atoms with van der Waals surface area (Å²) in [4.78, 5) is 16.5. The van der Waals surface area contributed by atoms with E-state index in [4.69, 9.17) is 4.74 Å². The van der Waals surface area contributed by atoms with Crippen LogP contribution in [0.25, 0.3) is 11.0 Å². The number of amides is 1. The second-order valence-corrected chi connectivity index (χ2v) is 6.65. The van der Waals surface area contributed by atoms with Crippen molar-refractivity contribution in [2.75, 3.05) is 6.61 Å². The van der Waals surface area contributed by atoms with Gasteiger partial charge in [-0.1, -0.05) is 36.4 Å². The van der Waals surface area contributed by atoms with E-state index in [1.807, 2.05) is 48.5 Å². The number of ether oxygens (including phenoxy) is 1. The van der Waals surface area contributed by atoms with E-state index in [-0.39, 0.29) is 5.91 Å². The van der Waals surface area contributed by atoms with Crippen LogP contribution in [-0.4, -0.2) is 22.1 Å². The number of aromatic nitrogens is 2. The summed E-state index contributed by atoms with van der Waals surface area (Å²) in [6.45, 7) is 9.19. The van der Waals surface area contributed by atoms with Crippen LogP contribution >= 0.6 is 0 Å². The summed E-state index contributed by atoms with van der Waals surface area (Å²) in [5.74, 6) is 1.56. The van der Waals surface area contributed by atoms with E-state index in [0.29, 0.717) is 18.7 Å². The maximum atomic E-state index is 11.8. The fraction of sp³-hybridized carbons (Fsp3) is 0.273. The van der Waals surface area contributed by atoms with Gasteiger partial charge >= 0.3 is 0 Å². The van der Waals surface area contributed by atoms with Gasteiger partial charge in [-0.2, -0.15) is 0 Å². The lowest BCUT2D eigenvalue weighted by atomic mass is 10.2. The molecule has 5 nitrogen and oxygen atoms in total. The number of fused-ring (bicyclic) bond motifs is 1. The minimum absolute atomic E-state index is 0.156. The number of benzene rings is 2. The van der Waals surface area contributed by atoms with Gasteiger partial charge in [-0.15, -0.1) is 0 Å². The van der Waals surface area contributed by atoms with Gasteiger partial charge in [0.05, 0.1) is 24.2 Å². The van der Waals surface area contributed by atoms with E-state index in [1.54, 1.807) is 6.92 Å². The van der Waals surface area contributed by atoms with Gasteiger partial charge in [0.1, 0.15) is 11.6 Å². The summed E-state index contributed by atoms with van der Waals surface area (Å²) >= 11 is 0. The smallest absolute Gasteiger partial charge is 0.246 e. The second kappa shape index (κ2) is 8.54. The molecule has 1 N–H and O–H groups in total. The lowest BCUT2D eigenvalue weighted by molar-refractivity contribution is -0.117. The standard InChI is InChI=1S/C22H25N3O2/c1-16(2)22(26)23-15-21-24-19-7-4-5-8-20(19)25(21)13-6-14-27-18-11-9-17(3)10-12-18/h4-5,7-12H,1,6,13-15H2,2-3H3,(H,23,26). The average molecular weight is 363 g/mol. The van der Waals surface area contributed by atoms with E-state index in [2.05, 4.69) is 28.4 Å². The van der Waals surface area contributed by atoms with Gasteiger partial charge in [0.2, 0.25) is 5.91 Å². The zero-order chi connectivity index (χ0) is 19.2. The Hall–Kier alpha value is -3.08. The Morgan fingerprint density at radius 3 is 2.67 bits per heavy atom. The van der Waals surface area contributed by atoms with Crippen molar-refractivity contribution in [3.05, 3.63) is 72.1 Å². The molecule has 0 bridgehead atoms. The molecule has 0 aliphatic heterocycles. The molecule has 3 aromatic rings. The van der Waals surface area contributed by atoms with Crippen LogP contribution in [0.2, 0.25) is 0 Å². The first-order valence-corrected chi connectivity index (χ1v) is 9.12. The van der Waals surface area contributed by atoms with Crippen LogP contribution in [0.4, 0.5) is 0 Å². The van der Waals surface area contributed by atoms with Gasteiger partial charge in [-0.05, 0) is 44.5 Å². The zero-order valence-corrected chi connectivity index (χ0v) is 15.9. The van der Waals surface area contributed by atoms with E-state index >= 15 is 0 Å². The summed E-state index contributed by atoms with van der Waals surface area (Å²) < 4.78 is 7.97. The van der Waals surface area contributed by atoms with Crippen LogP contribution in [0.1, 0.15) is 24.7 Å². The van der Waals surface area contributed by atoms with Gasteiger partial charge in [-0.25, -0.2) is 4.98 Å². The van der Waals surface area contributed by atoms with Crippen LogP contribution in [0.3, 0.4) is 0 Å². The number of nitrogens with one attached hydrogen (secondary N) is 1. The fourth-order valence-electron chi connectivity index (χ4n) is 2.87. The number of aryl methyl sites for hydroxylation is 2. The van der Waals surface area contributed by atoms with Gasteiger partial charge in [0.25, 0.3) is 0 Å². The Labute approximate surface area is 159 Å². The van der Waals surface area contributed by atoms with Crippen molar-refractivity contribution >= 4 is 16.9 Å². The number of imidazole rings is 1. The van der Waals surface area contributed by atoms with Gasteiger partial charge < -0.3 is 14.6 Å². The van der Waals surface area contributed by atoms with Crippen molar-refractivity contribution in [1.29, 1.82) is 0 Å². The Bertz CT molecular complexity index is 942. The largest absolute Gasteiger partial charge is 0.494 e. The predicted molar refractivity (Wildman–Crippen MR) is 108 cm³/mol. The second-order valence-electron chi connectivity index (χ2n) is 6.65. The quantitative estimate of drug-likeness (QED) is 0.486. The molecule has 0 radical (unpaired) electrons. The lowest BCUT2D eigenvalue weighted by Gasteiger charge is -2.11. The number of rotatable bonds is 8. The first-order valence-electron chi connectivity index (χ1n) is 9.12. The van der Waals surface area contributed by atoms with Crippen molar-refractivity contribution in [2.45, 2.75) is 33.4 Å². The molecule has 0 spiro atoms. The maximum absolute atomic E-state index is 11.8. The summed E-state index contributed by atoms with van der Waals surface area (Å²) in [5.41, 5.74) is 3.70. The molecule has 0 fully saturated rings. The molecular weight excluding hydrogens is 338 g/mol. The highest BCUT2D eigenvalue weighted by Gasteiger charge is 2.11. The Balaban J connectivity index is 1.66. The van der Waals surface area contributed by atoms with Crippen molar-refractivity contribution in [3.8, 4) is 5.75 Å². The van der Waals surface area contributed by atoms with Crippen molar-refractivity contribution in [1.82, 2.24) is 14.9 Å². The average Bonchev–Trinajstić information content (AvgIpc) is 3.02. The third kappa shape index (κ3) is 4.76. The fourth-order valence-corrected chi connectivity index (χ4v) is 2.87. The molecule has 2 aromatic carbocycles. The molecule has 0 saturated heterocycles. The van der Waals surface area contributed by atoms with Crippen LogP contribution < -0.4 is 10.1 Å². The van der Waals surface area contributed by atoms with Crippen LogP contribution in [0.15, 0.2) is 60.7 Å². The van der Waals surface area contributed by atoms with E-state index < -0.39 is 0 Å². The number of hydrogen-bond donors (Lipinski definition) is 1. The van der Waals surface area contributed by atoms with Crippen molar-refractivity contribution in [3.63, 3.8) is 0 Å². The van der Waals surface area contributed by atoms with Crippen molar-refractivity contribution in [2.24, 2.45) is 0 Å². The number of hydrogen-bond acceptors (Lipinski definition) is 3. The molecule has 0 aliphatic carbocycles. The topological polar surface area (TPSA) is 56.2 Å². The minimum atomic E-state index is -0.156. The highest BCUT2D eigenvalue weighted by Crippen LogP contribution is 2.17. The summed E-state index contributed by atoms with van der Waals surface area (Å²) in [6.07, 6.45) is 0.843. The van der Waals surface area contributed by atoms with E-state index in [1.165, 1.54) is 5.56 Å². The number of nitrogens with zero attached hydrogens (tertiary/aromatic N) is 2. The van der Waals surface area contributed by atoms with E-state index in [9.17, 15) is 4.79 Å². The minimum Gasteiger partial charge on any atom is -0.494 e. The molecule has 1 aromatic heterocycles.